The van der Waals surface area contributed by atoms with E-state index in [0.717, 1.165) is 22.4 Å². The largest absolute Gasteiger partial charge is 0.394 e. The molecule has 2 N–H and O–H groups in total. The molecule has 1 amide bonds. The molecule has 5 nitrogen and oxygen atoms in total. The van der Waals surface area contributed by atoms with Crippen LogP contribution in [0.2, 0.25) is 0 Å². The maximum Gasteiger partial charge on any atom is 0.252 e. The number of aliphatic hydroxyl groups excluding tert-OH is 1. The van der Waals surface area contributed by atoms with Crippen LogP contribution in [0.3, 0.4) is 0 Å². The van der Waals surface area contributed by atoms with E-state index in [1.807, 2.05) is 49.4 Å². The Hall–Kier alpha value is -3.64. The Balaban J connectivity index is 1.55. The monoisotopic (exact) mass is 429 g/mol. The summed E-state index contributed by atoms with van der Waals surface area (Å²) in [6.45, 7) is 2.08. The summed E-state index contributed by atoms with van der Waals surface area (Å²) < 4.78 is 13.8. The van der Waals surface area contributed by atoms with E-state index in [-0.39, 0.29) is 18.3 Å². The number of aliphatic imine (C=N–C) groups is 1. The molecule has 0 bridgehead atoms. The lowest BCUT2D eigenvalue weighted by molar-refractivity contribution is 0.0916. The van der Waals surface area contributed by atoms with E-state index < -0.39 is 6.04 Å². The molecule has 1 aliphatic rings. The van der Waals surface area contributed by atoms with Gasteiger partial charge in [-0.25, -0.2) is 4.39 Å². The molecular formula is C26H24FN3O2. The molecule has 0 fully saturated rings. The molecule has 3 aromatic rings. The lowest BCUT2D eigenvalue weighted by Crippen LogP contribution is -2.39. The van der Waals surface area contributed by atoms with Crippen molar-refractivity contribution in [2.45, 2.75) is 19.4 Å². The lowest BCUT2D eigenvalue weighted by Gasteiger charge is -2.17. The molecule has 1 aliphatic heterocycles. The van der Waals surface area contributed by atoms with Crippen LogP contribution < -0.4 is 5.32 Å². The van der Waals surface area contributed by atoms with Crippen molar-refractivity contribution in [3.05, 3.63) is 107 Å². The number of rotatable bonds is 7. The minimum absolute atomic E-state index is 0.200. The number of benzene rings is 2. The van der Waals surface area contributed by atoms with Crippen LogP contribution in [-0.4, -0.2) is 40.9 Å². The van der Waals surface area contributed by atoms with E-state index in [0.29, 0.717) is 29.8 Å². The van der Waals surface area contributed by atoms with Crippen LogP contribution in [0.5, 0.6) is 0 Å². The summed E-state index contributed by atoms with van der Waals surface area (Å²) in [7, 11) is 0. The third-order valence-electron chi connectivity index (χ3n) is 5.33. The quantitative estimate of drug-likeness (QED) is 0.601. The Labute approximate surface area is 186 Å². The first-order valence-corrected chi connectivity index (χ1v) is 10.5. The summed E-state index contributed by atoms with van der Waals surface area (Å²) in [4.78, 5) is 21.9. The van der Waals surface area contributed by atoms with Gasteiger partial charge in [-0.05, 0) is 60.0 Å². The van der Waals surface area contributed by atoms with Gasteiger partial charge in [0.2, 0.25) is 0 Å². The molecular weight excluding hydrogens is 405 g/mol. The maximum absolute atomic E-state index is 13.8. The Bertz CT molecular complexity index is 1170. The van der Waals surface area contributed by atoms with Gasteiger partial charge in [-0.3, -0.25) is 14.8 Å². The van der Waals surface area contributed by atoms with Gasteiger partial charge in [-0.15, -0.1) is 0 Å². The maximum atomic E-state index is 13.8. The molecule has 0 radical (unpaired) electrons. The number of carbonyl (C=O) groups is 1. The number of hydrogen-bond acceptors (Lipinski definition) is 4. The first-order valence-electron chi connectivity index (χ1n) is 10.5. The summed E-state index contributed by atoms with van der Waals surface area (Å²) in [5.41, 5.74) is 5.18. The first-order chi connectivity index (χ1) is 15.5. The lowest BCUT2D eigenvalue weighted by atomic mass is 9.99. The van der Waals surface area contributed by atoms with Crippen LogP contribution in [0.25, 0.3) is 5.57 Å². The zero-order chi connectivity index (χ0) is 22.5. The number of nitrogens with one attached hydrogen (secondary N) is 1. The molecule has 0 aliphatic carbocycles. The van der Waals surface area contributed by atoms with Gasteiger partial charge in [0.1, 0.15) is 5.82 Å². The molecule has 32 heavy (non-hydrogen) atoms. The Morgan fingerprint density at radius 2 is 1.97 bits per heavy atom. The minimum atomic E-state index is -0.461. The number of halogens is 1. The van der Waals surface area contributed by atoms with Crippen LogP contribution in [0, 0.1) is 12.7 Å². The molecule has 162 valence electrons. The van der Waals surface area contributed by atoms with Crippen molar-refractivity contribution in [3.63, 3.8) is 0 Å². The van der Waals surface area contributed by atoms with E-state index in [2.05, 4.69) is 15.3 Å². The van der Waals surface area contributed by atoms with Gasteiger partial charge in [0.25, 0.3) is 5.91 Å². The highest BCUT2D eigenvalue weighted by Gasteiger charge is 2.20. The van der Waals surface area contributed by atoms with E-state index in [9.17, 15) is 14.3 Å². The Morgan fingerprint density at radius 1 is 1.16 bits per heavy atom. The third-order valence-corrected chi connectivity index (χ3v) is 5.33. The molecule has 0 unspecified atom stereocenters. The predicted molar refractivity (Wildman–Crippen MR) is 123 cm³/mol. The van der Waals surface area contributed by atoms with E-state index >= 15 is 0 Å². The molecule has 4 rings (SSSR count). The molecule has 2 heterocycles. The van der Waals surface area contributed by atoms with Crippen LogP contribution in [-0.2, 0) is 6.42 Å². The Morgan fingerprint density at radius 3 is 2.72 bits per heavy atom. The van der Waals surface area contributed by atoms with Crippen LogP contribution in [0.4, 0.5) is 4.39 Å². The molecule has 1 aromatic heterocycles. The standard InChI is InChI=1S/C26H24FN3O2/c1-17-10-18(12-20(27)11-17)19-13-25(29-15-19)23-7-2-3-8-24(23)26(32)30-22(16-31)14-21-6-4-5-9-28-21/h2-13,22,31H,14-16H2,1H3,(H,30,32)/t22-/m1/s1. The fourth-order valence-electron chi connectivity index (χ4n) is 3.79. The van der Waals surface area contributed by atoms with Gasteiger partial charge in [-0.1, -0.05) is 30.3 Å². The number of allylic oxidation sites excluding steroid dienone is 1. The van der Waals surface area contributed by atoms with Crippen molar-refractivity contribution < 1.29 is 14.3 Å². The van der Waals surface area contributed by atoms with Crippen molar-refractivity contribution >= 4 is 17.2 Å². The molecule has 0 spiro atoms. The average Bonchev–Trinajstić information content (AvgIpc) is 3.29. The summed E-state index contributed by atoms with van der Waals surface area (Å²) in [6, 6.07) is 17.2. The second-order valence-electron chi connectivity index (χ2n) is 7.81. The third kappa shape index (κ3) is 4.98. The number of aromatic nitrogens is 1. The van der Waals surface area contributed by atoms with Crippen molar-refractivity contribution in [1.29, 1.82) is 0 Å². The zero-order valence-corrected chi connectivity index (χ0v) is 17.8. The molecule has 2 aromatic carbocycles. The van der Waals surface area contributed by atoms with Crippen LogP contribution in [0.1, 0.15) is 32.7 Å². The van der Waals surface area contributed by atoms with E-state index in [1.165, 1.54) is 12.1 Å². The van der Waals surface area contributed by atoms with Gasteiger partial charge in [0.05, 0.1) is 24.9 Å². The first kappa shape index (κ1) is 21.6. The van der Waals surface area contributed by atoms with Gasteiger partial charge < -0.3 is 10.4 Å². The Kier molecular flexibility index (Phi) is 6.52. The summed E-state index contributed by atoms with van der Waals surface area (Å²) >= 11 is 0. The van der Waals surface area contributed by atoms with E-state index in [1.54, 1.807) is 18.3 Å². The fraction of sp³-hybridized carbons (Fsp3) is 0.192. The number of nitrogens with zero attached hydrogens (tertiary/aromatic N) is 2. The van der Waals surface area contributed by atoms with Crippen LogP contribution >= 0.6 is 0 Å². The van der Waals surface area contributed by atoms with Gasteiger partial charge >= 0.3 is 0 Å². The van der Waals surface area contributed by atoms with E-state index in [4.69, 9.17) is 0 Å². The van der Waals surface area contributed by atoms with Crippen molar-refractivity contribution in [2.24, 2.45) is 4.99 Å². The normalized spacial score (nSPS) is 14.0. The highest BCUT2D eigenvalue weighted by molar-refractivity contribution is 6.19. The summed E-state index contributed by atoms with van der Waals surface area (Å²) in [5.74, 6) is -0.571. The van der Waals surface area contributed by atoms with Gasteiger partial charge in [0.15, 0.2) is 0 Å². The number of pyridine rings is 1. The molecule has 0 saturated carbocycles. The van der Waals surface area contributed by atoms with Crippen molar-refractivity contribution in [1.82, 2.24) is 10.3 Å². The van der Waals surface area contributed by atoms with Gasteiger partial charge in [0, 0.05) is 29.4 Å². The highest BCUT2D eigenvalue weighted by atomic mass is 19.1. The van der Waals surface area contributed by atoms with Crippen molar-refractivity contribution in [3.8, 4) is 0 Å². The number of carbonyl (C=O) groups excluding carboxylic acids is 1. The second-order valence-corrected chi connectivity index (χ2v) is 7.81. The summed E-state index contributed by atoms with van der Waals surface area (Å²) in [5, 5.41) is 12.7. The predicted octanol–water partition coefficient (Wildman–Crippen LogP) is 3.75. The molecule has 1 atom stereocenters. The number of aliphatic hydroxyl groups is 1. The van der Waals surface area contributed by atoms with Crippen molar-refractivity contribution in [2.75, 3.05) is 13.2 Å². The molecule has 0 saturated heterocycles. The number of amides is 1. The summed E-state index contributed by atoms with van der Waals surface area (Å²) in [6.07, 6.45) is 4.01. The number of hydrogen-bond donors (Lipinski definition) is 2. The fourth-order valence-corrected chi connectivity index (χ4v) is 3.79. The second kappa shape index (κ2) is 9.66. The van der Waals surface area contributed by atoms with Crippen LogP contribution in [0.15, 0.2) is 77.9 Å². The molecule has 6 heteroatoms. The topological polar surface area (TPSA) is 74.6 Å². The van der Waals surface area contributed by atoms with Gasteiger partial charge in [-0.2, -0.15) is 0 Å². The number of aryl methyl sites for hydroxylation is 1. The minimum Gasteiger partial charge on any atom is -0.394 e. The SMILES string of the molecule is Cc1cc(F)cc(C2=CC(c3ccccc3C(=O)N[C@@H](CO)Cc3ccccn3)=NC2)c1. The average molecular weight is 429 g/mol. The zero-order valence-electron chi connectivity index (χ0n) is 17.8. The smallest absolute Gasteiger partial charge is 0.252 e. The highest BCUT2D eigenvalue weighted by Crippen LogP contribution is 2.25.